The summed E-state index contributed by atoms with van der Waals surface area (Å²) in [6.45, 7) is 0. The highest BCUT2D eigenvalue weighted by atomic mass is 16.5. The summed E-state index contributed by atoms with van der Waals surface area (Å²) in [4.78, 5) is 50.4. The van der Waals surface area contributed by atoms with E-state index in [0.29, 0.717) is 47.8 Å². The molecule has 0 spiro atoms. The number of aromatic carboxylic acids is 2. The zero-order chi connectivity index (χ0) is 39.3. The SMILES string of the molecule is CNc1cc(CCCc2cc(NC)c(C(=O)O)cc2OC)ccc1C(=O)O.N/C(C=O)=C\C=C(/N)n1ccnc1.N/C(C=O)=C\C=C(/N)n1ccnc1. The molecule has 0 radical (unpaired) electrons. The Morgan fingerprint density at radius 2 is 1.26 bits per heavy atom. The Hall–Kier alpha value is -7.30. The Morgan fingerprint density at radius 1 is 0.755 bits per heavy atom. The summed E-state index contributed by atoms with van der Waals surface area (Å²) in [6, 6.07) is 8.59. The number of hydrogen-bond donors (Lipinski definition) is 8. The fraction of sp³-hybridized carbons (Fsp3) is 0.167. The molecule has 0 unspecified atom stereocenters. The van der Waals surface area contributed by atoms with Gasteiger partial charge in [0.25, 0.3) is 0 Å². The van der Waals surface area contributed by atoms with Crippen LogP contribution in [0, 0.1) is 0 Å². The molecule has 2 aromatic heterocycles. The summed E-state index contributed by atoms with van der Waals surface area (Å²) in [7, 11) is 4.90. The third-order valence-corrected chi connectivity index (χ3v) is 7.19. The number of carboxylic acid groups (broad SMARTS) is 2. The van der Waals surface area contributed by atoms with Crippen molar-refractivity contribution < 1.29 is 34.1 Å². The number of aryl methyl sites for hydroxylation is 2. The molecule has 0 fully saturated rings. The molecule has 2 aromatic carbocycles. The molecule has 0 saturated carbocycles. The molecule has 0 aliphatic heterocycles. The zero-order valence-corrected chi connectivity index (χ0v) is 29.5. The first-order chi connectivity index (χ1) is 25.4. The number of carbonyl (C=O) groups is 4. The molecule has 17 heteroatoms. The second kappa shape index (κ2) is 21.7. The highest BCUT2D eigenvalue weighted by Gasteiger charge is 2.15. The predicted molar refractivity (Wildman–Crippen MR) is 203 cm³/mol. The van der Waals surface area contributed by atoms with Crippen LogP contribution < -0.4 is 38.3 Å². The molecule has 0 saturated heterocycles. The van der Waals surface area contributed by atoms with E-state index in [0.717, 1.165) is 24.0 Å². The van der Waals surface area contributed by atoms with E-state index in [2.05, 4.69) is 20.6 Å². The number of aromatic nitrogens is 4. The van der Waals surface area contributed by atoms with Gasteiger partial charge in [-0.3, -0.25) is 18.7 Å². The number of rotatable bonds is 15. The number of ether oxygens (including phenoxy) is 1. The highest BCUT2D eigenvalue weighted by Crippen LogP contribution is 2.29. The number of carbonyl (C=O) groups excluding carboxylic acids is 2. The van der Waals surface area contributed by atoms with E-state index in [4.69, 9.17) is 27.7 Å². The van der Waals surface area contributed by atoms with Gasteiger partial charge in [0, 0.05) is 50.3 Å². The third kappa shape index (κ3) is 13.5. The van der Waals surface area contributed by atoms with Gasteiger partial charge < -0.3 is 48.5 Å². The molecule has 53 heavy (non-hydrogen) atoms. The van der Waals surface area contributed by atoms with Crippen molar-refractivity contribution >= 4 is 47.5 Å². The Kier molecular flexibility index (Phi) is 17.2. The van der Waals surface area contributed by atoms with Gasteiger partial charge in [-0.25, -0.2) is 19.6 Å². The first-order valence-electron chi connectivity index (χ1n) is 15.8. The maximum absolute atomic E-state index is 11.4. The van der Waals surface area contributed by atoms with Crippen LogP contribution >= 0.6 is 0 Å². The van der Waals surface area contributed by atoms with Crippen molar-refractivity contribution in [2.24, 2.45) is 22.9 Å². The van der Waals surface area contributed by atoms with Gasteiger partial charge in [-0.1, -0.05) is 6.07 Å². The van der Waals surface area contributed by atoms with E-state index in [-0.39, 0.29) is 22.5 Å². The monoisotopic (exact) mass is 728 g/mol. The van der Waals surface area contributed by atoms with Gasteiger partial charge in [-0.2, -0.15) is 0 Å². The third-order valence-electron chi connectivity index (χ3n) is 7.19. The second-order valence-electron chi connectivity index (χ2n) is 10.7. The van der Waals surface area contributed by atoms with Crippen LogP contribution in [0.15, 0.2) is 103 Å². The van der Waals surface area contributed by atoms with Crippen LogP contribution in [0.25, 0.3) is 11.6 Å². The van der Waals surface area contributed by atoms with E-state index >= 15 is 0 Å². The minimum Gasteiger partial charge on any atom is -0.496 e. The maximum Gasteiger partial charge on any atom is 0.337 e. The van der Waals surface area contributed by atoms with Gasteiger partial charge in [0.05, 0.1) is 29.6 Å². The molecular weight excluding hydrogens is 684 g/mol. The topological polar surface area (TPSA) is 282 Å². The number of benzene rings is 2. The van der Waals surface area contributed by atoms with Crippen molar-refractivity contribution in [1.29, 1.82) is 0 Å². The fourth-order valence-corrected chi connectivity index (χ4v) is 4.45. The number of nitrogens with zero attached hydrogens (tertiary/aromatic N) is 4. The van der Waals surface area contributed by atoms with Crippen molar-refractivity contribution in [3.05, 3.63) is 126 Å². The molecule has 0 bridgehead atoms. The van der Waals surface area contributed by atoms with E-state index in [1.54, 1.807) is 72.8 Å². The van der Waals surface area contributed by atoms with E-state index in [9.17, 15) is 29.4 Å². The molecule has 0 aliphatic rings. The van der Waals surface area contributed by atoms with Gasteiger partial charge in [0.2, 0.25) is 0 Å². The molecule has 17 nitrogen and oxygen atoms in total. The lowest BCUT2D eigenvalue weighted by molar-refractivity contribution is -0.105. The normalized spacial score (nSPS) is 11.6. The number of nitrogens with two attached hydrogens (primary N) is 4. The molecule has 0 amide bonds. The summed E-state index contributed by atoms with van der Waals surface area (Å²) >= 11 is 0. The average molecular weight is 729 g/mol. The Labute approximate surface area is 306 Å². The minimum atomic E-state index is -1.01. The average Bonchev–Trinajstić information content (AvgIpc) is 3.92. The Balaban J connectivity index is 0.000000311. The summed E-state index contributed by atoms with van der Waals surface area (Å²) in [6.07, 6.45) is 19.0. The summed E-state index contributed by atoms with van der Waals surface area (Å²) < 4.78 is 8.56. The maximum atomic E-state index is 11.4. The molecule has 0 atom stereocenters. The number of imidazole rings is 2. The van der Waals surface area contributed by atoms with Crippen LogP contribution in [-0.2, 0) is 22.4 Å². The van der Waals surface area contributed by atoms with Crippen molar-refractivity contribution in [2.75, 3.05) is 31.8 Å². The van der Waals surface area contributed by atoms with Crippen LogP contribution in [0.4, 0.5) is 11.4 Å². The Morgan fingerprint density at radius 3 is 1.68 bits per heavy atom. The van der Waals surface area contributed by atoms with E-state index < -0.39 is 11.9 Å². The largest absolute Gasteiger partial charge is 0.496 e. The lowest BCUT2D eigenvalue weighted by Crippen LogP contribution is -2.06. The van der Waals surface area contributed by atoms with E-state index in [1.807, 2.05) is 12.1 Å². The number of methoxy groups -OCH3 is 1. The lowest BCUT2D eigenvalue weighted by atomic mass is 9.99. The summed E-state index contributed by atoms with van der Waals surface area (Å²) in [5.41, 5.74) is 25.4. The van der Waals surface area contributed by atoms with Crippen LogP contribution in [0.1, 0.15) is 38.3 Å². The van der Waals surface area contributed by atoms with Crippen molar-refractivity contribution in [3.63, 3.8) is 0 Å². The number of hydrogen-bond acceptors (Lipinski definition) is 13. The molecule has 12 N–H and O–H groups in total. The summed E-state index contributed by atoms with van der Waals surface area (Å²) in [5, 5.41) is 24.3. The van der Waals surface area contributed by atoms with Crippen LogP contribution in [-0.4, -0.2) is 75.0 Å². The second-order valence-corrected chi connectivity index (χ2v) is 10.7. The van der Waals surface area contributed by atoms with Crippen LogP contribution in [0.2, 0.25) is 0 Å². The van der Waals surface area contributed by atoms with Gasteiger partial charge >= 0.3 is 11.9 Å². The number of allylic oxidation sites excluding steroid dienone is 6. The lowest BCUT2D eigenvalue weighted by Gasteiger charge is -2.14. The quantitative estimate of drug-likeness (QED) is 0.0496. The first kappa shape index (κ1) is 41.9. The smallest absolute Gasteiger partial charge is 0.337 e. The number of anilines is 2. The number of aldehydes is 2. The van der Waals surface area contributed by atoms with Crippen molar-refractivity contribution in [2.45, 2.75) is 19.3 Å². The van der Waals surface area contributed by atoms with Crippen molar-refractivity contribution in [3.8, 4) is 5.75 Å². The molecule has 2 heterocycles. The summed E-state index contributed by atoms with van der Waals surface area (Å²) in [5.74, 6) is -0.538. The van der Waals surface area contributed by atoms with Gasteiger partial charge in [0.15, 0.2) is 12.6 Å². The highest BCUT2D eigenvalue weighted by molar-refractivity contribution is 5.95. The van der Waals surface area contributed by atoms with Crippen molar-refractivity contribution in [1.82, 2.24) is 19.1 Å². The number of carboxylic acids is 2. The number of nitrogens with one attached hydrogen (secondary N) is 2. The predicted octanol–water partition coefficient (Wildman–Crippen LogP) is 2.71. The van der Waals surface area contributed by atoms with Crippen LogP contribution in [0.5, 0.6) is 5.75 Å². The van der Waals surface area contributed by atoms with Gasteiger partial charge in [-0.15, -0.1) is 0 Å². The molecule has 4 rings (SSSR count). The molecule has 280 valence electrons. The Bertz CT molecular complexity index is 1880. The standard InChI is InChI=1S/C20H24N2O5.2C8H10N4O/c1-21-16-9-12(7-8-14(16)19(23)24)5-4-6-13-10-17(22-2)15(20(25)26)11-18(13)27-3;2*9-7(5-13)1-2-8(10)12-4-3-11-6-12/h7-11,21-22H,4-6H2,1-3H3,(H,23,24)(H,25,26);2*1-6H,9-10H2/b;2*7-1-,8-2+. The van der Waals surface area contributed by atoms with E-state index in [1.165, 1.54) is 37.5 Å². The van der Waals surface area contributed by atoms with Gasteiger partial charge in [-0.05, 0) is 79.0 Å². The van der Waals surface area contributed by atoms with Gasteiger partial charge in [0.1, 0.15) is 30.0 Å². The fourth-order valence-electron chi connectivity index (χ4n) is 4.45. The first-order valence-corrected chi connectivity index (χ1v) is 15.8. The molecular formula is C36H44N10O7. The van der Waals surface area contributed by atoms with Crippen LogP contribution in [0.3, 0.4) is 0 Å². The zero-order valence-electron chi connectivity index (χ0n) is 29.5. The molecule has 4 aromatic rings. The molecule has 0 aliphatic carbocycles. The minimum absolute atomic E-state index is 0.128.